The van der Waals surface area contributed by atoms with Crippen molar-refractivity contribution in [3.8, 4) is 5.75 Å². The quantitative estimate of drug-likeness (QED) is 0.450. The van der Waals surface area contributed by atoms with Gasteiger partial charge in [-0.15, -0.1) is 5.10 Å². The van der Waals surface area contributed by atoms with Crippen LogP contribution in [0.25, 0.3) is 11.0 Å². The van der Waals surface area contributed by atoms with Crippen LogP contribution in [0.15, 0.2) is 68.4 Å². The van der Waals surface area contributed by atoms with E-state index in [1.165, 1.54) is 6.07 Å². The maximum absolute atomic E-state index is 11.9. The zero-order valence-electron chi connectivity index (χ0n) is 14.6. The van der Waals surface area contributed by atoms with E-state index in [0.717, 1.165) is 26.7 Å². The third-order valence-electron chi connectivity index (χ3n) is 4.10. The highest BCUT2D eigenvalue weighted by Gasteiger charge is 2.09. The molecule has 4 rings (SSSR count). The van der Waals surface area contributed by atoms with Gasteiger partial charge in [-0.3, -0.25) is 0 Å². The Hall–Kier alpha value is -2.93. The first kappa shape index (κ1) is 17.5. The summed E-state index contributed by atoms with van der Waals surface area (Å²) >= 11 is 3.39. The molecule has 2 aromatic heterocycles. The summed E-state index contributed by atoms with van der Waals surface area (Å²) in [5.74, 6) is 0.759. The first-order valence-electron chi connectivity index (χ1n) is 8.37. The molecule has 136 valence electrons. The van der Waals surface area contributed by atoms with Crippen LogP contribution in [0.3, 0.4) is 0 Å². The highest BCUT2D eigenvalue weighted by atomic mass is 79.9. The number of rotatable bonds is 5. The molecule has 0 amide bonds. The van der Waals surface area contributed by atoms with Crippen molar-refractivity contribution < 1.29 is 9.15 Å². The lowest BCUT2D eigenvalue weighted by Crippen LogP contribution is -2.06. The summed E-state index contributed by atoms with van der Waals surface area (Å²) in [5, 5.41) is 9.17. The van der Waals surface area contributed by atoms with Gasteiger partial charge in [0.1, 0.15) is 23.6 Å². The Morgan fingerprint density at radius 3 is 2.78 bits per heavy atom. The van der Waals surface area contributed by atoms with Crippen molar-refractivity contribution >= 4 is 26.9 Å². The average Bonchev–Trinajstić information content (AvgIpc) is 3.08. The van der Waals surface area contributed by atoms with Crippen LogP contribution in [0.4, 0.5) is 0 Å². The van der Waals surface area contributed by atoms with Crippen molar-refractivity contribution in [1.29, 1.82) is 0 Å². The summed E-state index contributed by atoms with van der Waals surface area (Å²) in [6.45, 7) is 2.70. The van der Waals surface area contributed by atoms with E-state index in [9.17, 15) is 4.79 Å². The van der Waals surface area contributed by atoms with Crippen LogP contribution in [-0.2, 0) is 13.2 Å². The highest BCUT2D eigenvalue weighted by Crippen LogP contribution is 2.20. The number of hydrogen-bond donors (Lipinski definition) is 0. The molecule has 6 nitrogen and oxygen atoms in total. The fraction of sp³-hybridized carbons (Fsp3) is 0.150. The normalized spacial score (nSPS) is 11.0. The topological polar surface area (TPSA) is 70.2 Å². The minimum atomic E-state index is -0.373. The van der Waals surface area contributed by atoms with E-state index in [0.29, 0.717) is 24.4 Å². The number of benzene rings is 2. The van der Waals surface area contributed by atoms with Gasteiger partial charge in [-0.1, -0.05) is 33.3 Å². The number of fused-ring (bicyclic) bond motifs is 1. The van der Waals surface area contributed by atoms with E-state index >= 15 is 0 Å². The van der Waals surface area contributed by atoms with E-state index in [4.69, 9.17) is 9.15 Å². The van der Waals surface area contributed by atoms with E-state index in [-0.39, 0.29) is 5.63 Å². The van der Waals surface area contributed by atoms with E-state index in [1.807, 2.05) is 55.6 Å². The SMILES string of the molecule is Cc1ccc2c(Cn3cc(COc4ccc(Br)cc4)nn3)cc(=O)oc2c1. The zero-order chi connectivity index (χ0) is 18.8. The number of hydrogen-bond acceptors (Lipinski definition) is 5. The lowest BCUT2D eigenvalue weighted by Gasteiger charge is -2.06. The third kappa shape index (κ3) is 4.09. The molecular formula is C20H16BrN3O3. The van der Waals surface area contributed by atoms with Crippen molar-refractivity contribution in [2.45, 2.75) is 20.1 Å². The van der Waals surface area contributed by atoms with Gasteiger partial charge < -0.3 is 9.15 Å². The largest absolute Gasteiger partial charge is 0.487 e. The number of aromatic nitrogens is 3. The molecule has 0 aliphatic carbocycles. The molecule has 4 aromatic rings. The molecule has 0 atom stereocenters. The Morgan fingerprint density at radius 1 is 1.15 bits per heavy atom. The third-order valence-corrected chi connectivity index (χ3v) is 4.63. The van der Waals surface area contributed by atoms with E-state index in [1.54, 1.807) is 4.68 Å². The molecule has 0 aliphatic heterocycles. The van der Waals surface area contributed by atoms with Gasteiger partial charge in [0.15, 0.2) is 0 Å². The summed E-state index contributed by atoms with van der Waals surface area (Å²) in [6.07, 6.45) is 1.81. The Labute approximate surface area is 163 Å². The molecule has 0 N–H and O–H groups in total. The highest BCUT2D eigenvalue weighted by molar-refractivity contribution is 9.10. The molecular weight excluding hydrogens is 410 g/mol. The van der Waals surface area contributed by atoms with Crippen LogP contribution in [-0.4, -0.2) is 15.0 Å². The lowest BCUT2D eigenvalue weighted by atomic mass is 10.1. The molecule has 0 saturated heterocycles. The number of aryl methyl sites for hydroxylation is 1. The van der Waals surface area contributed by atoms with E-state index < -0.39 is 0 Å². The lowest BCUT2D eigenvalue weighted by molar-refractivity contribution is 0.301. The Kier molecular flexibility index (Phi) is 4.77. The molecule has 2 aromatic carbocycles. The Bertz CT molecular complexity index is 1150. The summed E-state index contributed by atoms with van der Waals surface area (Å²) in [4.78, 5) is 11.9. The number of nitrogens with zero attached hydrogens (tertiary/aromatic N) is 3. The molecule has 7 heteroatoms. The van der Waals surface area contributed by atoms with Crippen LogP contribution in [0.1, 0.15) is 16.8 Å². The molecule has 0 aliphatic rings. The summed E-state index contributed by atoms with van der Waals surface area (Å²) < 4.78 is 13.7. The minimum absolute atomic E-state index is 0.318. The fourth-order valence-corrected chi connectivity index (χ4v) is 3.08. The Balaban J connectivity index is 1.52. The van der Waals surface area contributed by atoms with Crippen LogP contribution in [0, 0.1) is 6.92 Å². The van der Waals surface area contributed by atoms with Gasteiger partial charge in [0.25, 0.3) is 0 Å². The molecule has 0 fully saturated rings. The minimum Gasteiger partial charge on any atom is -0.487 e. The predicted molar refractivity (Wildman–Crippen MR) is 105 cm³/mol. The van der Waals surface area contributed by atoms with Crippen molar-refractivity contribution in [3.05, 3.63) is 86.4 Å². The van der Waals surface area contributed by atoms with Crippen molar-refractivity contribution in [2.24, 2.45) is 0 Å². The smallest absolute Gasteiger partial charge is 0.336 e. The zero-order valence-corrected chi connectivity index (χ0v) is 16.1. The second-order valence-corrected chi connectivity index (χ2v) is 7.16. The predicted octanol–water partition coefficient (Wildman–Crippen LogP) is 4.08. The molecule has 0 bridgehead atoms. The summed E-state index contributed by atoms with van der Waals surface area (Å²) in [7, 11) is 0. The monoisotopic (exact) mass is 425 g/mol. The summed E-state index contributed by atoms with van der Waals surface area (Å²) in [5.41, 5.74) is 2.79. The number of halogens is 1. The van der Waals surface area contributed by atoms with Gasteiger partial charge in [-0.25, -0.2) is 9.48 Å². The maximum atomic E-state index is 11.9. The summed E-state index contributed by atoms with van der Waals surface area (Å²) in [6, 6.07) is 14.9. The molecule has 0 spiro atoms. The van der Waals surface area contributed by atoms with Crippen LogP contribution < -0.4 is 10.4 Å². The molecule has 0 saturated carbocycles. The first-order chi connectivity index (χ1) is 13.1. The van der Waals surface area contributed by atoms with Gasteiger partial charge >= 0.3 is 5.63 Å². The van der Waals surface area contributed by atoms with Crippen LogP contribution >= 0.6 is 15.9 Å². The molecule has 0 unspecified atom stereocenters. The van der Waals surface area contributed by atoms with Gasteiger partial charge in [0, 0.05) is 15.9 Å². The van der Waals surface area contributed by atoms with Gasteiger partial charge in [-0.05, 0) is 48.4 Å². The number of ether oxygens (including phenoxy) is 1. The van der Waals surface area contributed by atoms with Crippen LogP contribution in [0.5, 0.6) is 5.75 Å². The van der Waals surface area contributed by atoms with Crippen molar-refractivity contribution in [3.63, 3.8) is 0 Å². The molecule has 27 heavy (non-hydrogen) atoms. The standard InChI is InChI=1S/C20H16BrN3O3/c1-13-2-7-18-14(9-20(25)27-19(18)8-13)10-24-11-16(22-23-24)12-26-17-5-3-15(21)4-6-17/h2-9,11H,10,12H2,1H3. The Morgan fingerprint density at radius 2 is 1.96 bits per heavy atom. The van der Waals surface area contributed by atoms with Crippen molar-refractivity contribution in [1.82, 2.24) is 15.0 Å². The van der Waals surface area contributed by atoms with E-state index in [2.05, 4.69) is 26.2 Å². The maximum Gasteiger partial charge on any atom is 0.336 e. The average molecular weight is 426 g/mol. The molecule has 2 heterocycles. The second-order valence-electron chi connectivity index (χ2n) is 6.24. The van der Waals surface area contributed by atoms with Gasteiger partial charge in [0.05, 0.1) is 12.7 Å². The first-order valence-corrected chi connectivity index (χ1v) is 9.17. The fourth-order valence-electron chi connectivity index (χ4n) is 2.81. The second kappa shape index (κ2) is 7.36. The van der Waals surface area contributed by atoms with Gasteiger partial charge in [-0.2, -0.15) is 0 Å². The van der Waals surface area contributed by atoms with Gasteiger partial charge in [0.2, 0.25) is 0 Å². The van der Waals surface area contributed by atoms with Crippen molar-refractivity contribution in [2.75, 3.05) is 0 Å². The molecule has 0 radical (unpaired) electrons. The van der Waals surface area contributed by atoms with Crippen LogP contribution in [0.2, 0.25) is 0 Å².